The molecule has 0 rings (SSSR count). The second-order valence-corrected chi connectivity index (χ2v) is 3.04. The van der Waals surface area contributed by atoms with E-state index < -0.39 is 6.09 Å². The van der Waals surface area contributed by atoms with E-state index in [1.165, 1.54) is 7.11 Å². The zero-order valence-corrected chi connectivity index (χ0v) is 7.97. The summed E-state index contributed by atoms with van der Waals surface area (Å²) in [6.45, 7) is 5.55. The second kappa shape index (κ2) is 4.74. The van der Waals surface area contributed by atoms with Crippen LogP contribution in [-0.2, 0) is 4.74 Å². The van der Waals surface area contributed by atoms with Gasteiger partial charge in [0.05, 0.1) is 13.2 Å². The highest BCUT2D eigenvalue weighted by Gasteiger charge is 2.17. The van der Waals surface area contributed by atoms with Crippen LogP contribution in [0.1, 0.15) is 20.8 Å². The molecule has 0 heterocycles. The van der Waals surface area contributed by atoms with E-state index in [-0.39, 0.29) is 12.0 Å². The maximum absolute atomic E-state index is 10.8. The Morgan fingerprint density at radius 2 is 2.00 bits per heavy atom. The van der Waals surface area contributed by atoms with Crippen LogP contribution in [0.2, 0.25) is 0 Å². The summed E-state index contributed by atoms with van der Waals surface area (Å²) < 4.78 is 4.43. The largest absolute Gasteiger partial charge is 0.453 e. The SMILES string of the molecule is COC(=O)NC(C(C)=N)C(C)C. The molecular formula is C8H16N2O2. The number of carbonyl (C=O) groups excluding carboxylic acids is 1. The van der Waals surface area contributed by atoms with Crippen LogP contribution in [0.15, 0.2) is 0 Å². The van der Waals surface area contributed by atoms with Crippen molar-refractivity contribution >= 4 is 11.8 Å². The zero-order valence-electron chi connectivity index (χ0n) is 7.97. The third-order valence-corrected chi connectivity index (χ3v) is 1.59. The number of hydrogen-bond acceptors (Lipinski definition) is 3. The lowest BCUT2D eigenvalue weighted by atomic mass is 10.0. The Hall–Kier alpha value is -1.06. The number of carbonyl (C=O) groups is 1. The van der Waals surface area contributed by atoms with Crippen molar-refractivity contribution in [2.24, 2.45) is 5.92 Å². The van der Waals surface area contributed by atoms with Gasteiger partial charge in [-0.1, -0.05) is 13.8 Å². The highest BCUT2D eigenvalue weighted by Crippen LogP contribution is 2.02. The Labute approximate surface area is 72.8 Å². The van der Waals surface area contributed by atoms with Gasteiger partial charge in [0.25, 0.3) is 0 Å². The Balaban J connectivity index is 4.14. The summed E-state index contributed by atoms with van der Waals surface area (Å²) in [4.78, 5) is 10.8. The van der Waals surface area contributed by atoms with Gasteiger partial charge in [0, 0.05) is 5.71 Å². The monoisotopic (exact) mass is 172 g/mol. The van der Waals surface area contributed by atoms with Crippen molar-refractivity contribution in [3.8, 4) is 0 Å². The van der Waals surface area contributed by atoms with Crippen LogP contribution in [0, 0.1) is 11.3 Å². The number of amides is 1. The third kappa shape index (κ3) is 3.37. The molecule has 0 aromatic carbocycles. The second-order valence-electron chi connectivity index (χ2n) is 3.04. The molecule has 4 heteroatoms. The molecule has 0 saturated carbocycles. The van der Waals surface area contributed by atoms with Gasteiger partial charge in [-0.25, -0.2) is 4.79 Å². The van der Waals surface area contributed by atoms with Crippen molar-refractivity contribution < 1.29 is 9.53 Å². The standard InChI is InChI=1S/C8H16N2O2/c1-5(2)7(6(3)9)10-8(11)12-4/h5,7,9H,1-4H3,(H,10,11). The summed E-state index contributed by atoms with van der Waals surface area (Å²) in [6, 6.07) is -0.225. The number of hydrogen-bond donors (Lipinski definition) is 2. The Kier molecular flexibility index (Phi) is 4.33. The van der Waals surface area contributed by atoms with E-state index in [0.29, 0.717) is 5.71 Å². The molecule has 2 N–H and O–H groups in total. The summed E-state index contributed by atoms with van der Waals surface area (Å²) in [6.07, 6.45) is -0.486. The zero-order chi connectivity index (χ0) is 9.72. The average molecular weight is 172 g/mol. The van der Waals surface area contributed by atoms with Crippen molar-refractivity contribution in [1.82, 2.24) is 5.32 Å². The smallest absolute Gasteiger partial charge is 0.407 e. The number of alkyl carbamates (subject to hydrolysis) is 1. The van der Waals surface area contributed by atoms with E-state index in [9.17, 15) is 4.79 Å². The minimum atomic E-state index is -0.486. The molecule has 70 valence electrons. The minimum absolute atomic E-state index is 0.210. The topological polar surface area (TPSA) is 62.2 Å². The number of methoxy groups -OCH3 is 1. The number of ether oxygens (including phenoxy) is 1. The predicted octanol–water partition coefficient (Wildman–Crippen LogP) is 1.41. The Bertz CT molecular complexity index is 178. The summed E-state index contributed by atoms with van der Waals surface area (Å²) in [5.74, 6) is 0.210. The molecule has 0 saturated heterocycles. The normalized spacial score (nSPS) is 12.4. The average Bonchev–Trinajstić information content (AvgIpc) is 1.98. The molecule has 0 fully saturated rings. The number of nitrogens with one attached hydrogen (secondary N) is 2. The highest BCUT2D eigenvalue weighted by molar-refractivity contribution is 5.87. The summed E-state index contributed by atoms with van der Waals surface area (Å²) in [5.41, 5.74) is 0.440. The third-order valence-electron chi connectivity index (χ3n) is 1.59. The first kappa shape index (κ1) is 10.9. The van der Waals surface area contributed by atoms with Crippen LogP contribution >= 0.6 is 0 Å². The van der Waals surface area contributed by atoms with E-state index >= 15 is 0 Å². The van der Waals surface area contributed by atoms with Gasteiger partial charge in [-0.05, 0) is 12.8 Å². The maximum atomic E-state index is 10.8. The van der Waals surface area contributed by atoms with Crippen LogP contribution in [0.4, 0.5) is 4.79 Å². The fourth-order valence-corrected chi connectivity index (χ4v) is 0.961. The first-order valence-electron chi connectivity index (χ1n) is 3.88. The molecule has 0 bridgehead atoms. The molecule has 0 aromatic rings. The van der Waals surface area contributed by atoms with Gasteiger partial charge in [-0.3, -0.25) is 0 Å². The van der Waals surface area contributed by atoms with Crippen LogP contribution in [0.5, 0.6) is 0 Å². The fraction of sp³-hybridized carbons (Fsp3) is 0.750. The van der Waals surface area contributed by atoms with Gasteiger partial charge in [0.2, 0.25) is 0 Å². The maximum Gasteiger partial charge on any atom is 0.407 e. The molecule has 1 amide bonds. The highest BCUT2D eigenvalue weighted by atomic mass is 16.5. The fourth-order valence-electron chi connectivity index (χ4n) is 0.961. The van der Waals surface area contributed by atoms with Gasteiger partial charge >= 0.3 is 6.09 Å². The predicted molar refractivity (Wildman–Crippen MR) is 47.6 cm³/mol. The molecule has 0 spiro atoms. The van der Waals surface area contributed by atoms with E-state index in [1.54, 1.807) is 6.92 Å². The van der Waals surface area contributed by atoms with Crippen LogP contribution in [-0.4, -0.2) is 25.0 Å². The van der Waals surface area contributed by atoms with Crippen molar-refractivity contribution in [3.05, 3.63) is 0 Å². The van der Waals surface area contributed by atoms with Crippen LogP contribution in [0.25, 0.3) is 0 Å². The summed E-state index contributed by atoms with van der Waals surface area (Å²) in [5, 5.41) is 9.96. The van der Waals surface area contributed by atoms with E-state index in [4.69, 9.17) is 5.41 Å². The Morgan fingerprint density at radius 1 is 1.50 bits per heavy atom. The molecule has 0 aliphatic rings. The first-order valence-corrected chi connectivity index (χ1v) is 3.88. The van der Waals surface area contributed by atoms with Gasteiger partial charge in [-0.2, -0.15) is 0 Å². The lowest BCUT2D eigenvalue weighted by Crippen LogP contribution is -2.42. The van der Waals surface area contributed by atoms with Crippen molar-refractivity contribution in [2.75, 3.05) is 7.11 Å². The van der Waals surface area contributed by atoms with Gasteiger partial charge < -0.3 is 15.5 Å². The molecule has 1 unspecified atom stereocenters. The van der Waals surface area contributed by atoms with Crippen LogP contribution < -0.4 is 5.32 Å². The van der Waals surface area contributed by atoms with Gasteiger partial charge in [-0.15, -0.1) is 0 Å². The summed E-state index contributed by atoms with van der Waals surface area (Å²) >= 11 is 0. The summed E-state index contributed by atoms with van der Waals surface area (Å²) in [7, 11) is 1.31. The molecular weight excluding hydrogens is 156 g/mol. The van der Waals surface area contributed by atoms with E-state index in [0.717, 1.165) is 0 Å². The number of rotatable bonds is 3. The van der Waals surface area contributed by atoms with E-state index in [1.807, 2.05) is 13.8 Å². The molecule has 0 aliphatic carbocycles. The molecule has 0 aliphatic heterocycles. The first-order chi connectivity index (χ1) is 5.49. The molecule has 0 radical (unpaired) electrons. The Morgan fingerprint density at radius 3 is 2.25 bits per heavy atom. The quantitative estimate of drug-likeness (QED) is 0.632. The molecule has 12 heavy (non-hydrogen) atoms. The molecule has 0 aromatic heterocycles. The lowest BCUT2D eigenvalue weighted by Gasteiger charge is -2.20. The molecule has 1 atom stereocenters. The van der Waals surface area contributed by atoms with Crippen LogP contribution in [0.3, 0.4) is 0 Å². The van der Waals surface area contributed by atoms with Crippen molar-refractivity contribution in [1.29, 1.82) is 5.41 Å². The minimum Gasteiger partial charge on any atom is -0.453 e. The van der Waals surface area contributed by atoms with Gasteiger partial charge in [0.1, 0.15) is 0 Å². The van der Waals surface area contributed by atoms with Crippen molar-refractivity contribution in [2.45, 2.75) is 26.8 Å². The molecule has 4 nitrogen and oxygen atoms in total. The van der Waals surface area contributed by atoms with Gasteiger partial charge in [0.15, 0.2) is 0 Å². The van der Waals surface area contributed by atoms with Crippen molar-refractivity contribution in [3.63, 3.8) is 0 Å². The van der Waals surface area contributed by atoms with E-state index in [2.05, 4.69) is 10.1 Å². The lowest BCUT2D eigenvalue weighted by molar-refractivity contribution is 0.167.